The Hall–Kier alpha value is -2.01. The van der Waals surface area contributed by atoms with Crippen LogP contribution in [0.25, 0.3) is 0 Å². The fraction of sp³-hybridized carbons (Fsp3) is 0.412. The molecule has 0 radical (unpaired) electrons. The number of aryl methyl sites for hydroxylation is 2. The molecular weight excluding hydrogens is 310 g/mol. The summed E-state index contributed by atoms with van der Waals surface area (Å²) in [5.74, 6) is 0.832. The molecule has 2 aromatic rings. The summed E-state index contributed by atoms with van der Waals surface area (Å²) >= 11 is 5.89. The lowest BCUT2D eigenvalue weighted by Gasteiger charge is -2.11. The van der Waals surface area contributed by atoms with E-state index in [-0.39, 0.29) is 0 Å². The van der Waals surface area contributed by atoms with Crippen LogP contribution in [-0.2, 0) is 13.1 Å². The molecule has 0 fully saturated rings. The van der Waals surface area contributed by atoms with Crippen molar-refractivity contribution in [1.29, 1.82) is 0 Å². The van der Waals surface area contributed by atoms with Gasteiger partial charge in [-0.2, -0.15) is 5.10 Å². The summed E-state index contributed by atoms with van der Waals surface area (Å²) in [5.41, 5.74) is 2.33. The second kappa shape index (κ2) is 9.20. The molecule has 2 rings (SSSR count). The van der Waals surface area contributed by atoms with E-state index in [0.717, 1.165) is 42.6 Å². The zero-order valence-corrected chi connectivity index (χ0v) is 14.5. The molecule has 5 nitrogen and oxygen atoms in total. The molecule has 0 saturated carbocycles. The summed E-state index contributed by atoms with van der Waals surface area (Å²) < 4.78 is 1.97. The van der Waals surface area contributed by atoms with Crippen molar-refractivity contribution < 1.29 is 0 Å². The lowest BCUT2D eigenvalue weighted by Crippen LogP contribution is -2.38. The number of guanidine groups is 1. The van der Waals surface area contributed by atoms with Gasteiger partial charge in [-0.05, 0) is 43.5 Å². The second-order valence-corrected chi connectivity index (χ2v) is 5.82. The first kappa shape index (κ1) is 17.3. The third-order valence-corrected chi connectivity index (χ3v) is 3.55. The van der Waals surface area contributed by atoms with Crippen molar-refractivity contribution in [3.8, 4) is 0 Å². The van der Waals surface area contributed by atoms with Crippen LogP contribution in [0.3, 0.4) is 0 Å². The Morgan fingerprint density at radius 2 is 2.04 bits per heavy atom. The zero-order valence-electron chi connectivity index (χ0n) is 13.7. The molecule has 0 aliphatic heterocycles. The van der Waals surface area contributed by atoms with Gasteiger partial charge in [0.2, 0.25) is 0 Å². The molecule has 23 heavy (non-hydrogen) atoms. The molecular formula is C17H24ClN5. The molecule has 0 saturated heterocycles. The van der Waals surface area contributed by atoms with Crippen LogP contribution in [0.4, 0.5) is 0 Å². The average molecular weight is 334 g/mol. The monoisotopic (exact) mass is 333 g/mol. The van der Waals surface area contributed by atoms with E-state index in [9.17, 15) is 0 Å². The highest BCUT2D eigenvalue weighted by atomic mass is 35.5. The van der Waals surface area contributed by atoms with Crippen LogP contribution in [0.1, 0.15) is 24.5 Å². The van der Waals surface area contributed by atoms with E-state index < -0.39 is 0 Å². The highest BCUT2D eigenvalue weighted by Gasteiger charge is 1.99. The number of hydrogen-bond donors (Lipinski definition) is 2. The minimum absolute atomic E-state index is 0.630. The van der Waals surface area contributed by atoms with Gasteiger partial charge in [0.25, 0.3) is 0 Å². The first-order chi connectivity index (χ1) is 11.2. The van der Waals surface area contributed by atoms with Gasteiger partial charge in [-0.15, -0.1) is 0 Å². The van der Waals surface area contributed by atoms with Gasteiger partial charge in [-0.25, -0.2) is 4.99 Å². The second-order valence-electron chi connectivity index (χ2n) is 5.38. The third-order valence-electron chi connectivity index (χ3n) is 3.30. The molecule has 0 amide bonds. The van der Waals surface area contributed by atoms with Crippen molar-refractivity contribution in [2.45, 2.75) is 33.4 Å². The Kier molecular flexibility index (Phi) is 6.94. The summed E-state index contributed by atoms with van der Waals surface area (Å²) in [6.07, 6.45) is 4.93. The number of benzene rings is 1. The number of hydrogen-bond acceptors (Lipinski definition) is 2. The van der Waals surface area contributed by atoms with Crippen molar-refractivity contribution in [2.24, 2.45) is 4.99 Å². The predicted molar refractivity (Wildman–Crippen MR) is 95.9 cm³/mol. The van der Waals surface area contributed by atoms with Crippen molar-refractivity contribution in [3.05, 3.63) is 52.8 Å². The van der Waals surface area contributed by atoms with Crippen molar-refractivity contribution in [1.82, 2.24) is 20.4 Å². The number of rotatable bonds is 7. The van der Waals surface area contributed by atoms with Crippen LogP contribution in [0.5, 0.6) is 0 Å². The average Bonchev–Trinajstić information content (AvgIpc) is 2.96. The summed E-state index contributed by atoms with van der Waals surface area (Å²) in [6, 6.07) is 7.77. The maximum atomic E-state index is 5.89. The molecule has 0 aliphatic rings. The normalized spacial score (nSPS) is 11.5. The zero-order chi connectivity index (χ0) is 16.5. The largest absolute Gasteiger partial charge is 0.357 e. The molecule has 0 aliphatic carbocycles. The maximum absolute atomic E-state index is 5.89. The van der Waals surface area contributed by atoms with Crippen molar-refractivity contribution in [2.75, 3.05) is 13.1 Å². The van der Waals surface area contributed by atoms with Crippen molar-refractivity contribution in [3.63, 3.8) is 0 Å². The van der Waals surface area contributed by atoms with Gasteiger partial charge < -0.3 is 10.6 Å². The van der Waals surface area contributed by atoms with E-state index in [1.165, 1.54) is 5.56 Å². The van der Waals surface area contributed by atoms with E-state index >= 15 is 0 Å². The van der Waals surface area contributed by atoms with Crippen LogP contribution in [-0.4, -0.2) is 28.8 Å². The Morgan fingerprint density at radius 3 is 2.70 bits per heavy atom. The molecule has 124 valence electrons. The van der Waals surface area contributed by atoms with Crippen molar-refractivity contribution >= 4 is 17.6 Å². The number of halogens is 1. The molecule has 6 heteroatoms. The smallest absolute Gasteiger partial charge is 0.191 e. The van der Waals surface area contributed by atoms with Gasteiger partial charge in [0.1, 0.15) is 0 Å². The Bertz CT molecular complexity index is 618. The minimum Gasteiger partial charge on any atom is -0.357 e. The van der Waals surface area contributed by atoms with E-state index in [4.69, 9.17) is 11.6 Å². The van der Waals surface area contributed by atoms with Gasteiger partial charge in [0.05, 0.1) is 12.7 Å². The first-order valence-corrected chi connectivity index (χ1v) is 8.31. The Balaban J connectivity index is 1.78. The van der Waals surface area contributed by atoms with Gasteiger partial charge in [-0.1, -0.05) is 23.7 Å². The van der Waals surface area contributed by atoms with Gasteiger partial charge >= 0.3 is 0 Å². The number of nitrogens with zero attached hydrogens (tertiary/aromatic N) is 3. The SMILES string of the molecule is CCNC(=NCc1ccc(Cl)cc1)NCCCn1cc(C)cn1. The molecule has 1 aromatic carbocycles. The van der Waals surface area contributed by atoms with Crippen LogP contribution in [0, 0.1) is 6.92 Å². The van der Waals surface area contributed by atoms with Gasteiger partial charge in [0.15, 0.2) is 5.96 Å². The van der Waals surface area contributed by atoms with E-state index in [1.807, 2.05) is 35.1 Å². The van der Waals surface area contributed by atoms with E-state index in [2.05, 4.69) is 40.8 Å². The fourth-order valence-electron chi connectivity index (χ4n) is 2.14. The molecule has 0 unspecified atom stereocenters. The summed E-state index contributed by atoms with van der Waals surface area (Å²) in [6.45, 7) is 7.33. The quantitative estimate of drug-likeness (QED) is 0.465. The lowest BCUT2D eigenvalue weighted by molar-refractivity contribution is 0.570. The van der Waals surface area contributed by atoms with Gasteiger partial charge in [-0.3, -0.25) is 4.68 Å². The van der Waals surface area contributed by atoms with Gasteiger partial charge in [0, 0.05) is 30.9 Å². The summed E-state index contributed by atoms with van der Waals surface area (Å²) in [4.78, 5) is 4.59. The Labute approximate surface area is 142 Å². The van der Waals surface area contributed by atoms with Crippen LogP contribution in [0.15, 0.2) is 41.7 Å². The number of aliphatic imine (C=N–C) groups is 1. The third kappa shape index (κ3) is 6.32. The molecule has 1 heterocycles. The highest BCUT2D eigenvalue weighted by Crippen LogP contribution is 2.10. The molecule has 2 N–H and O–H groups in total. The van der Waals surface area contributed by atoms with E-state index in [0.29, 0.717) is 6.54 Å². The number of aromatic nitrogens is 2. The highest BCUT2D eigenvalue weighted by molar-refractivity contribution is 6.30. The van der Waals surface area contributed by atoms with Crippen LogP contribution >= 0.6 is 11.6 Å². The topological polar surface area (TPSA) is 54.2 Å². The number of nitrogens with one attached hydrogen (secondary N) is 2. The molecule has 0 spiro atoms. The fourth-order valence-corrected chi connectivity index (χ4v) is 2.26. The van der Waals surface area contributed by atoms with E-state index in [1.54, 1.807) is 0 Å². The first-order valence-electron chi connectivity index (χ1n) is 7.93. The summed E-state index contributed by atoms with van der Waals surface area (Å²) in [7, 11) is 0. The minimum atomic E-state index is 0.630. The molecule has 1 aromatic heterocycles. The van der Waals surface area contributed by atoms with Crippen LogP contribution in [0.2, 0.25) is 5.02 Å². The maximum Gasteiger partial charge on any atom is 0.191 e. The lowest BCUT2D eigenvalue weighted by atomic mass is 10.2. The molecule has 0 bridgehead atoms. The Morgan fingerprint density at radius 1 is 1.26 bits per heavy atom. The predicted octanol–water partition coefficient (Wildman–Crippen LogP) is 2.99. The van der Waals surface area contributed by atoms with Crippen LogP contribution < -0.4 is 10.6 Å². The standard InChI is InChI=1S/C17H24ClN5/c1-3-19-17(21-12-15-5-7-16(18)8-6-15)20-9-4-10-23-13-14(2)11-22-23/h5-8,11,13H,3-4,9-10,12H2,1-2H3,(H2,19,20,21). The molecule has 0 atom stereocenters. The summed E-state index contributed by atoms with van der Waals surface area (Å²) in [5, 5.41) is 11.6.